The summed E-state index contributed by atoms with van der Waals surface area (Å²) >= 11 is 0. The van der Waals surface area contributed by atoms with Gasteiger partial charge in [-0.15, -0.1) is 0 Å². The first-order chi connectivity index (χ1) is 13.2. The average Bonchev–Trinajstić information content (AvgIpc) is 2.62. The molecular weight excluding hydrogens is 382 g/mol. The van der Waals surface area contributed by atoms with Crippen LogP contribution in [0.2, 0.25) is 0 Å². The molecule has 0 unspecified atom stereocenters. The molecule has 0 aliphatic heterocycles. The second-order valence-electron chi connectivity index (χ2n) is 6.01. The number of nitrogens with two attached hydrogens (primary N) is 1. The summed E-state index contributed by atoms with van der Waals surface area (Å²) in [7, 11) is -3.96. The molecule has 0 amide bonds. The summed E-state index contributed by atoms with van der Waals surface area (Å²) in [6.07, 6.45) is 3.55. The third-order valence-corrected chi connectivity index (χ3v) is 5.39. The zero-order chi connectivity index (χ0) is 20.7. The second-order valence-corrected chi connectivity index (χ2v) is 7.74. The summed E-state index contributed by atoms with van der Waals surface area (Å²) < 4.78 is 27.2. The van der Waals surface area contributed by atoms with Crippen molar-refractivity contribution in [1.82, 2.24) is 4.72 Å². The maximum absolute atomic E-state index is 12.4. The Labute approximate surface area is 162 Å². The van der Waals surface area contributed by atoms with E-state index in [4.69, 9.17) is 16.2 Å². The maximum Gasteiger partial charge on any atom is 0.327 e. The van der Waals surface area contributed by atoms with Crippen LogP contribution in [0.4, 0.5) is 0 Å². The number of hydrogen-bond donors (Lipinski definition) is 5. The first-order valence-corrected chi connectivity index (χ1v) is 9.82. The minimum absolute atomic E-state index is 0.115. The van der Waals surface area contributed by atoms with Crippen LogP contribution in [0.5, 0.6) is 5.75 Å². The molecule has 0 aromatic heterocycles. The first-order valence-electron chi connectivity index (χ1n) is 8.33. The highest BCUT2D eigenvalue weighted by molar-refractivity contribution is 7.89. The topological polar surface area (TPSA) is 154 Å². The molecule has 0 radical (unpaired) electrons. The third-order valence-electron chi connectivity index (χ3n) is 3.90. The monoisotopic (exact) mass is 403 g/mol. The second kappa shape index (κ2) is 9.16. The molecule has 0 aliphatic rings. The molecule has 0 saturated carbocycles. The predicted octanol–water partition coefficient (Wildman–Crippen LogP) is 1.38. The van der Waals surface area contributed by atoms with E-state index in [0.717, 1.165) is 23.3 Å². The van der Waals surface area contributed by atoms with Crippen LogP contribution in [0.15, 0.2) is 59.5 Å². The Kier molecular flexibility index (Phi) is 6.91. The van der Waals surface area contributed by atoms with Gasteiger partial charge in [0.25, 0.3) is 0 Å². The van der Waals surface area contributed by atoms with Gasteiger partial charge in [-0.2, -0.15) is 0 Å². The standard InChI is InChI=1S/C19H21N3O5S/c20-19(21)15-8-9-16(23)17(12-15)28(26,27)22-11-10-14-6-4-13(5-7-14)2-1-3-18(24)25/h1,3-9,12,22-23H,2,10-11H2,(H3,20,21)(H,24,25). The zero-order valence-electron chi connectivity index (χ0n) is 14.9. The van der Waals surface area contributed by atoms with Crippen molar-refractivity contribution < 1.29 is 23.4 Å². The van der Waals surface area contributed by atoms with Crippen molar-refractivity contribution in [2.45, 2.75) is 17.7 Å². The van der Waals surface area contributed by atoms with Gasteiger partial charge in [0.1, 0.15) is 16.5 Å². The summed E-state index contributed by atoms with van der Waals surface area (Å²) in [4.78, 5) is 10.1. The Balaban J connectivity index is 1.98. The molecule has 9 heteroatoms. The highest BCUT2D eigenvalue weighted by Crippen LogP contribution is 2.23. The van der Waals surface area contributed by atoms with Crippen molar-refractivity contribution in [1.29, 1.82) is 5.41 Å². The highest BCUT2D eigenvalue weighted by atomic mass is 32.2. The van der Waals surface area contributed by atoms with Crippen molar-refractivity contribution in [3.63, 3.8) is 0 Å². The molecule has 6 N–H and O–H groups in total. The lowest BCUT2D eigenvalue weighted by Crippen LogP contribution is -2.26. The number of sulfonamides is 1. The van der Waals surface area contributed by atoms with Crippen molar-refractivity contribution in [2.24, 2.45) is 5.73 Å². The SMILES string of the molecule is N=C(N)c1ccc(O)c(S(=O)(=O)NCCc2ccc(CC=CC(=O)O)cc2)c1. The number of phenolic OH excluding ortho intramolecular Hbond substituents is 1. The van der Waals surface area contributed by atoms with Gasteiger partial charge in [0.15, 0.2) is 0 Å². The van der Waals surface area contributed by atoms with E-state index in [0.29, 0.717) is 12.8 Å². The zero-order valence-corrected chi connectivity index (χ0v) is 15.7. The molecular formula is C19H21N3O5S. The molecule has 148 valence electrons. The number of carboxylic acid groups (broad SMARTS) is 1. The van der Waals surface area contributed by atoms with Gasteiger partial charge < -0.3 is 15.9 Å². The fraction of sp³-hybridized carbons (Fsp3) is 0.158. The normalized spacial score (nSPS) is 11.6. The molecule has 2 rings (SSSR count). The molecule has 28 heavy (non-hydrogen) atoms. The van der Waals surface area contributed by atoms with Crippen LogP contribution in [0.25, 0.3) is 0 Å². The number of allylic oxidation sites excluding steroid dienone is 1. The smallest absolute Gasteiger partial charge is 0.327 e. The quantitative estimate of drug-likeness (QED) is 0.242. The van der Waals surface area contributed by atoms with Gasteiger partial charge in [-0.1, -0.05) is 30.3 Å². The Morgan fingerprint density at radius 3 is 2.39 bits per heavy atom. The van der Waals surface area contributed by atoms with Crippen molar-refractivity contribution >= 4 is 21.8 Å². The summed E-state index contributed by atoms with van der Waals surface area (Å²) in [6, 6.07) is 11.1. The van der Waals surface area contributed by atoms with Gasteiger partial charge in [-0.05, 0) is 42.2 Å². The number of amidine groups is 1. The molecule has 0 saturated heterocycles. The third kappa shape index (κ3) is 5.93. The summed E-state index contributed by atoms with van der Waals surface area (Å²) in [5.74, 6) is -1.71. The lowest BCUT2D eigenvalue weighted by molar-refractivity contribution is -0.131. The minimum Gasteiger partial charge on any atom is -0.507 e. The molecule has 0 heterocycles. The molecule has 0 atom stereocenters. The van der Waals surface area contributed by atoms with Gasteiger partial charge in [-0.3, -0.25) is 5.41 Å². The number of aromatic hydroxyl groups is 1. The lowest BCUT2D eigenvalue weighted by Gasteiger charge is -2.10. The van der Waals surface area contributed by atoms with Crippen LogP contribution < -0.4 is 10.5 Å². The van der Waals surface area contributed by atoms with Crippen molar-refractivity contribution in [2.75, 3.05) is 6.54 Å². The molecule has 0 bridgehead atoms. The number of aliphatic carboxylic acids is 1. The summed E-state index contributed by atoms with van der Waals surface area (Å²) in [5, 5.41) is 25.8. The molecule has 0 spiro atoms. The van der Waals surface area contributed by atoms with E-state index in [9.17, 15) is 18.3 Å². The van der Waals surface area contributed by atoms with Gasteiger partial charge >= 0.3 is 5.97 Å². The van der Waals surface area contributed by atoms with E-state index < -0.39 is 21.7 Å². The number of benzene rings is 2. The number of nitrogen functional groups attached to an aromatic ring is 1. The minimum atomic E-state index is -3.96. The lowest BCUT2D eigenvalue weighted by atomic mass is 10.1. The van der Waals surface area contributed by atoms with E-state index in [2.05, 4.69) is 4.72 Å². The summed E-state index contributed by atoms with van der Waals surface area (Å²) in [5.41, 5.74) is 7.40. The Morgan fingerprint density at radius 2 is 1.79 bits per heavy atom. The van der Waals surface area contributed by atoms with Crippen LogP contribution in [0.3, 0.4) is 0 Å². The Morgan fingerprint density at radius 1 is 1.14 bits per heavy atom. The summed E-state index contributed by atoms with van der Waals surface area (Å²) in [6.45, 7) is 0.115. The van der Waals surface area contributed by atoms with Crippen molar-refractivity contribution in [3.05, 3.63) is 71.3 Å². The van der Waals surface area contributed by atoms with E-state index in [-0.39, 0.29) is 22.8 Å². The number of phenols is 1. The highest BCUT2D eigenvalue weighted by Gasteiger charge is 2.19. The molecule has 2 aromatic carbocycles. The number of hydrogen-bond acceptors (Lipinski definition) is 5. The Bertz CT molecular complexity index is 999. The molecule has 8 nitrogen and oxygen atoms in total. The van der Waals surface area contributed by atoms with Crippen LogP contribution >= 0.6 is 0 Å². The fourth-order valence-corrected chi connectivity index (χ4v) is 3.59. The number of carboxylic acids is 1. The van der Waals surface area contributed by atoms with E-state index in [1.807, 2.05) is 24.3 Å². The number of rotatable bonds is 9. The van der Waals surface area contributed by atoms with E-state index >= 15 is 0 Å². The van der Waals surface area contributed by atoms with Crippen LogP contribution in [-0.2, 0) is 27.7 Å². The van der Waals surface area contributed by atoms with Gasteiger partial charge in [0.2, 0.25) is 10.0 Å². The van der Waals surface area contributed by atoms with E-state index in [1.165, 1.54) is 12.1 Å². The van der Waals surface area contributed by atoms with Gasteiger partial charge in [0, 0.05) is 18.2 Å². The number of nitrogens with one attached hydrogen (secondary N) is 2. The van der Waals surface area contributed by atoms with Crippen LogP contribution in [-0.4, -0.2) is 37.0 Å². The van der Waals surface area contributed by atoms with Crippen LogP contribution in [0, 0.1) is 5.41 Å². The first kappa shape index (κ1) is 21.1. The molecule has 2 aromatic rings. The Hall–Kier alpha value is -3.17. The predicted molar refractivity (Wildman–Crippen MR) is 105 cm³/mol. The molecule has 0 fully saturated rings. The largest absolute Gasteiger partial charge is 0.507 e. The average molecular weight is 403 g/mol. The molecule has 0 aliphatic carbocycles. The van der Waals surface area contributed by atoms with E-state index in [1.54, 1.807) is 6.08 Å². The fourth-order valence-electron chi connectivity index (χ4n) is 2.44. The van der Waals surface area contributed by atoms with Gasteiger partial charge in [-0.25, -0.2) is 17.9 Å². The van der Waals surface area contributed by atoms with Gasteiger partial charge in [0.05, 0.1) is 0 Å². The van der Waals surface area contributed by atoms with Crippen LogP contribution in [0.1, 0.15) is 16.7 Å². The maximum atomic E-state index is 12.4. The number of carbonyl (C=O) groups is 1. The van der Waals surface area contributed by atoms with Crippen molar-refractivity contribution in [3.8, 4) is 5.75 Å².